The largest absolute Gasteiger partial charge is 0.395 e. The number of unbranched alkanes of at least 4 members (excludes halogenated alkanes) is 7. The van der Waals surface area contributed by atoms with Crippen molar-refractivity contribution in [2.45, 2.75) is 82.7 Å². The Morgan fingerprint density at radius 3 is 1.85 bits per heavy atom. The van der Waals surface area contributed by atoms with Crippen LogP contribution in [0.15, 0.2) is 0 Å². The molecule has 0 radical (unpaired) electrons. The molecular formula is C18H37NO7. The molecule has 156 valence electrons. The van der Waals surface area contributed by atoms with Crippen molar-refractivity contribution >= 4 is 5.91 Å². The Labute approximate surface area is 156 Å². The van der Waals surface area contributed by atoms with Crippen molar-refractivity contribution in [1.29, 1.82) is 0 Å². The minimum atomic E-state index is -1.94. The van der Waals surface area contributed by atoms with Crippen LogP contribution in [0.5, 0.6) is 0 Å². The smallest absolute Gasteiger partial charge is 0.254 e. The first-order valence-electron chi connectivity index (χ1n) is 9.63. The number of carbonyl (C=O) groups excluding carboxylic acids is 1. The van der Waals surface area contributed by atoms with Gasteiger partial charge < -0.3 is 35.5 Å². The van der Waals surface area contributed by atoms with E-state index in [0.29, 0.717) is 13.0 Å². The normalized spacial score (nSPS) is 16.1. The second-order valence-corrected chi connectivity index (χ2v) is 6.70. The molecule has 0 spiro atoms. The van der Waals surface area contributed by atoms with E-state index in [2.05, 4.69) is 6.92 Å². The van der Waals surface area contributed by atoms with Gasteiger partial charge in [-0.05, 0) is 6.42 Å². The lowest BCUT2D eigenvalue weighted by molar-refractivity contribution is -0.158. The van der Waals surface area contributed by atoms with Gasteiger partial charge in [-0.2, -0.15) is 0 Å². The second kappa shape index (κ2) is 15.3. The van der Waals surface area contributed by atoms with Crippen LogP contribution in [0.3, 0.4) is 0 Å². The molecule has 0 aromatic carbocycles. The topological polar surface area (TPSA) is 142 Å². The lowest BCUT2D eigenvalue weighted by atomic mass is 10.0. The number of hydrogen-bond donors (Lipinski definition) is 6. The molecule has 1 amide bonds. The molecule has 0 aliphatic heterocycles. The van der Waals surface area contributed by atoms with E-state index in [4.69, 9.17) is 10.2 Å². The molecule has 0 saturated carbocycles. The van der Waals surface area contributed by atoms with Gasteiger partial charge >= 0.3 is 0 Å². The molecule has 8 heteroatoms. The highest BCUT2D eigenvalue weighted by molar-refractivity contribution is 5.81. The molecular weight excluding hydrogens is 342 g/mol. The van der Waals surface area contributed by atoms with Gasteiger partial charge in [-0.3, -0.25) is 4.79 Å². The maximum absolute atomic E-state index is 12.3. The number of aliphatic hydroxyl groups is 6. The highest BCUT2D eigenvalue weighted by atomic mass is 16.4. The summed E-state index contributed by atoms with van der Waals surface area (Å²) in [5.41, 5.74) is 0. The van der Waals surface area contributed by atoms with E-state index in [9.17, 15) is 25.2 Å². The zero-order valence-corrected chi connectivity index (χ0v) is 15.8. The van der Waals surface area contributed by atoms with E-state index in [1.165, 1.54) is 30.6 Å². The Hall–Kier alpha value is -0.770. The Morgan fingerprint density at radius 2 is 1.35 bits per heavy atom. The fourth-order valence-electron chi connectivity index (χ4n) is 2.74. The highest BCUT2D eigenvalue weighted by Gasteiger charge is 2.36. The van der Waals surface area contributed by atoms with Gasteiger partial charge in [0.05, 0.1) is 13.2 Å². The lowest BCUT2D eigenvalue weighted by Gasteiger charge is -2.29. The van der Waals surface area contributed by atoms with Gasteiger partial charge in [0.15, 0.2) is 6.10 Å². The number of carbonyl (C=O) groups is 1. The van der Waals surface area contributed by atoms with Crippen LogP contribution in [0.4, 0.5) is 0 Å². The van der Waals surface area contributed by atoms with Crippen LogP contribution >= 0.6 is 0 Å². The SMILES string of the molecule is CCCCCCCCCCN(CCO)C(=O)[C@H](O)[C@@H](O)[C@H](O)[C@H](O)CO. The van der Waals surface area contributed by atoms with Gasteiger partial charge in [0.2, 0.25) is 0 Å². The first kappa shape index (κ1) is 25.2. The van der Waals surface area contributed by atoms with Crippen LogP contribution in [0.2, 0.25) is 0 Å². The van der Waals surface area contributed by atoms with Crippen molar-refractivity contribution in [3.05, 3.63) is 0 Å². The van der Waals surface area contributed by atoms with Crippen LogP contribution in [-0.4, -0.2) is 92.2 Å². The van der Waals surface area contributed by atoms with Crippen molar-refractivity contribution in [2.75, 3.05) is 26.3 Å². The molecule has 0 aromatic heterocycles. The molecule has 0 aromatic rings. The molecule has 0 rings (SSSR count). The van der Waals surface area contributed by atoms with Crippen molar-refractivity contribution in [2.24, 2.45) is 0 Å². The number of amides is 1. The van der Waals surface area contributed by atoms with Crippen molar-refractivity contribution in [3.8, 4) is 0 Å². The Balaban J connectivity index is 4.34. The molecule has 0 fully saturated rings. The third kappa shape index (κ3) is 9.80. The molecule has 26 heavy (non-hydrogen) atoms. The molecule has 0 saturated heterocycles. The Bertz CT molecular complexity index is 356. The minimum absolute atomic E-state index is 0.0117. The maximum atomic E-state index is 12.3. The average molecular weight is 379 g/mol. The summed E-state index contributed by atoms with van der Waals surface area (Å²) in [6.07, 6.45) is 1.34. The number of hydrogen-bond acceptors (Lipinski definition) is 7. The fraction of sp³-hybridized carbons (Fsp3) is 0.944. The average Bonchev–Trinajstić information content (AvgIpc) is 2.66. The summed E-state index contributed by atoms with van der Waals surface area (Å²) in [5, 5.41) is 56.6. The maximum Gasteiger partial charge on any atom is 0.254 e. The van der Waals surface area contributed by atoms with Gasteiger partial charge in [-0.1, -0.05) is 51.9 Å². The van der Waals surface area contributed by atoms with Crippen LogP contribution in [-0.2, 0) is 4.79 Å². The fourth-order valence-corrected chi connectivity index (χ4v) is 2.74. The van der Waals surface area contributed by atoms with Crippen LogP contribution in [0, 0.1) is 0 Å². The molecule has 0 aliphatic carbocycles. The van der Waals surface area contributed by atoms with E-state index in [0.717, 1.165) is 19.3 Å². The van der Waals surface area contributed by atoms with Crippen LogP contribution in [0.25, 0.3) is 0 Å². The van der Waals surface area contributed by atoms with Crippen molar-refractivity contribution in [3.63, 3.8) is 0 Å². The Morgan fingerprint density at radius 1 is 0.808 bits per heavy atom. The third-order valence-electron chi connectivity index (χ3n) is 4.47. The predicted octanol–water partition coefficient (Wildman–Crippen LogP) is -0.616. The molecule has 0 aliphatic rings. The standard InChI is InChI=1S/C18H37NO7/c1-2-3-4-5-6-7-8-9-10-19(11-12-20)18(26)17(25)16(24)15(23)14(22)13-21/h14-17,20-25H,2-13H2,1H3/t14-,15-,16+,17-/m1/s1. The minimum Gasteiger partial charge on any atom is -0.395 e. The molecule has 4 atom stereocenters. The van der Waals surface area contributed by atoms with Crippen molar-refractivity contribution in [1.82, 2.24) is 4.90 Å². The first-order valence-corrected chi connectivity index (χ1v) is 9.63. The van der Waals surface area contributed by atoms with Gasteiger partial charge in [-0.15, -0.1) is 0 Å². The van der Waals surface area contributed by atoms with E-state index < -0.39 is 36.9 Å². The van der Waals surface area contributed by atoms with Gasteiger partial charge in [0.25, 0.3) is 5.91 Å². The monoisotopic (exact) mass is 379 g/mol. The van der Waals surface area contributed by atoms with E-state index in [-0.39, 0.29) is 13.2 Å². The van der Waals surface area contributed by atoms with E-state index >= 15 is 0 Å². The van der Waals surface area contributed by atoms with Gasteiger partial charge in [0.1, 0.15) is 18.3 Å². The number of aliphatic hydroxyl groups excluding tert-OH is 6. The van der Waals surface area contributed by atoms with Crippen LogP contribution in [0.1, 0.15) is 58.3 Å². The zero-order chi connectivity index (χ0) is 19.9. The molecule has 8 nitrogen and oxygen atoms in total. The van der Waals surface area contributed by atoms with Crippen molar-refractivity contribution < 1.29 is 35.4 Å². The summed E-state index contributed by atoms with van der Waals surface area (Å²) >= 11 is 0. The number of rotatable bonds is 16. The van der Waals surface area contributed by atoms with E-state index in [1.807, 2.05) is 0 Å². The summed E-state index contributed by atoms with van der Waals surface area (Å²) in [5.74, 6) is -0.821. The third-order valence-corrected chi connectivity index (χ3v) is 4.47. The Kier molecular flexibility index (Phi) is 14.9. The first-order chi connectivity index (χ1) is 12.4. The number of nitrogens with zero attached hydrogens (tertiary/aromatic N) is 1. The predicted molar refractivity (Wildman–Crippen MR) is 97.4 cm³/mol. The summed E-state index contributed by atoms with van der Waals surface area (Å²) in [7, 11) is 0. The molecule has 0 unspecified atom stereocenters. The highest BCUT2D eigenvalue weighted by Crippen LogP contribution is 2.11. The summed E-state index contributed by atoms with van der Waals surface area (Å²) < 4.78 is 0. The van der Waals surface area contributed by atoms with Gasteiger partial charge in [0, 0.05) is 13.1 Å². The molecule has 0 heterocycles. The summed E-state index contributed by atoms with van der Waals surface area (Å²) in [4.78, 5) is 13.5. The van der Waals surface area contributed by atoms with Crippen LogP contribution < -0.4 is 0 Å². The second-order valence-electron chi connectivity index (χ2n) is 6.70. The van der Waals surface area contributed by atoms with E-state index in [1.54, 1.807) is 0 Å². The summed E-state index contributed by atoms with van der Waals surface area (Å²) in [6, 6.07) is 0. The summed E-state index contributed by atoms with van der Waals surface area (Å²) in [6.45, 7) is 1.42. The lowest BCUT2D eigenvalue weighted by Crippen LogP contribution is -2.53. The quantitative estimate of drug-likeness (QED) is 0.196. The molecule has 6 N–H and O–H groups in total. The van der Waals surface area contributed by atoms with Gasteiger partial charge in [-0.25, -0.2) is 0 Å². The molecule has 0 bridgehead atoms. The zero-order valence-electron chi connectivity index (χ0n) is 15.8.